The number of aryl methyl sites for hydroxylation is 3. The van der Waals surface area contributed by atoms with Crippen molar-refractivity contribution in [2.45, 2.75) is 68.9 Å². The molecule has 5 aromatic carbocycles. The van der Waals surface area contributed by atoms with Gasteiger partial charge in [0.1, 0.15) is 35.4 Å². The molecule has 30 nitrogen and oxygen atoms in total. The van der Waals surface area contributed by atoms with E-state index in [4.69, 9.17) is 37.6 Å². The molecule has 11 aromatic rings. The van der Waals surface area contributed by atoms with Crippen LogP contribution in [0.25, 0.3) is 67.5 Å². The Morgan fingerprint density at radius 3 is 1.10 bits per heavy atom. The van der Waals surface area contributed by atoms with Crippen LogP contribution in [0.4, 0.5) is 31.4 Å². The van der Waals surface area contributed by atoms with Gasteiger partial charge in [-0.2, -0.15) is 0 Å². The maximum absolute atomic E-state index is 13.8. The topological polar surface area (TPSA) is 351 Å². The Bertz CT molecular complexity index is 5030. The van der Waals surface area contributed by atoms with Crippen molar-refractivity contribution < 1.29 is 72.1 Å². The number of rotatable bonds is 19. The van der Waals surface area contributed by atoms with Gasteiger partial charge in [-0.1, -0.05) is 113 Å². The first-order valence-corrected chi connectivity index (χ1v) is 35.7. The summed E-state index contributed by atoms with van der Waals surface area (Å²) in [6, 6.07) is 47.2. The first kappa shape index (κ1) is 67.8. The van der Waals surface area contributed by atoms with E-state index in [-0.39, 0.29) is 58.7 Å². The van der Waals surface area contributed by atoms with Crippen molar-refractivity contribution in [3.8, 4) is 67.5 Å². The van der Waals surface area contributed by atoms with Crippen molar-refractivity contribution in [3.63, 3.8) is 0 Å². The van der Waals surface area contributed by atoms with Gasteiger partial charge in [0.25, 0.3) is 0 Å². The van der Waals surface area contributed by atoms with Gasteiger partial charge in [0.05, 0.1) is 104 Å². The van der Waals surface area contributed by atoms with Gasteiger partial charge in [-0.25, -0.2) is 23.5 Å². The first-order valence-electron chi connectivity index (χ1n) is 32.7. The smallest absolute Gasteiger partial charge is 0.441 e. The van der Waals surface area contributed by atoms with Crippen LogP contribution in [0.2, 0.25) is 0 Å². The number of benzene rings is 5. The fraction of sp³-hybridized carbons (Fsp3) is 0.239. The molecular formula is C71H67N15O15P2. The number of aliphatic hydroxyl groups excluding tert-OH is 1. The third kappa shape index (κ3) is 14.5. The van der Waals surface area contributed by atoms with Gasteiger partial charge >= 0.3 is 33.9 Å². The van der Waals surface area contributed by atoms with Crippen molar-refractivity contribution >= 4 is 51.0 Å². The van der Waals surface area contributed by atoms with Crippen LogP contribution in [0, 0.1) is 0 Å². The summed E-state index contributed by atoms with van der Waals surface area (Å²) in [6.07, 6.45) is 9.20. The van der Waals surface area contributed by atoms with Crippen LogP contribution in [0.1, 0.15) is 29.2 Å². The highest BCUT2D eigenvalue weighted by Crippen LogP contribution is 2.53. The molecule has 0 saturated carbocycles. The highest BCUT2D eigenvalue weighted by molar-refractivity contribution is 7.48. The summed E-state index contributed by atoms with van der Waals surface area (Å²) in [6.45, 7) is -0.610. The van der Waals surface area contributed by atoms with Gasteiger partial charge < -0.3 is 29.1 Å². The van der Waals surface area contributed by atoms with Crippen LogP contribution in [0.15, 0.2) is 189 Å². The number of aromatic nitrogens is 12. The summed E-state index contributed by atoms with van der Waals surface area (Å²) in [4.78, 5) is 73.6. The van der Waals surface area contributed by atoms with Gasteiger partial charge in [0, 0.05) is 57.9 Å². The third-order valence-corrected chi connectivity index (χ3v) is 20.1. The van der Waals surface area contributed by atoms with E-state index >= 15 is 0 Å². The number of aliphatic hydroxyl groups is 1. The maximum Gasteiger partial charge on any atom is 0.475 e. The molecule has 6 atom stereocenters. The summed E-state index contributed by atoms with van der Waals surface area (Å²) < 4.78 is 67.7. The molecule has 103 heavy (non-hydrogen) atoms. The molecule has 0 spiro atoms. The predicted octanol–water partition coefficient (Wildman–Crippen LogP) is 10.3. The van der Waals surface area contributed by atoms with Gasteiger partial charge in [-0.15, -0.1) is 15.3 Å². The number of ether oxygens (including phenoxy) is 3. The Balaban J connectivity index is 0.000000136. The highest BCUT2D eigenvalue weighted by Gasteiger charge is 2.51. The summed E-state index contributed by atoms with van der Waals surface area (Å²) in [5.41, 5.74) is 17.1. The normalized spacial score (nSPS) is 18.9. The first-order chi connectivity index (χ1) is 49.9. The zero-order valence-corrected chi connectivity index (χ0v) is 57.2. The van der Waals surface area contributed by atoms with E-state index in [1.54, 1.807) is 49.5 Å². The molecule has 526 valence electrons. The van der Waals surface area contributed by atoms with Gasteiger partial charge in [-0.05, 0) is 118 Å². The molecule has 3 amide bonds. The number of pyridine rings is 3. The molecule has 6 aliphatic heterocycles. The van der Waals surface area contributed by atoms with Crippen molar-refractivity contribution in [1.29, 1.82) is 0 Å². The van der Waals surface area contributed by atoms with Crippen LogP contribution < -0.4 is 14.7 Å². The number of anilines is 3. The van der Waals surface area contributed by atoms with E-state index in [0.717, 1.165) is 95.3 Å². The largest absolute Gasteiger partial charge is 0.475 e. The van der Waals surface area contributed by atoms with E-state index < -0.39 is 46.1 Å². The number of hydrogen-bond acceptors (Lipinski definition) is 22. The van der Waals surface area contributed by atoms with Crippen LogP contribution in [-0.2, 0) is 95.1 Å². The second-order valence-electron chi connectivity index (χ2n) is 25.1. The fourth-order valence-corrected chi connectivity index (χ4v) is 14.8. The summed E-state index contributed by atoms with van der Waals surface area (Å²) >= 11 is 0. The highest BCUT2D eigenvalue weighted by atomic mass is 31.2. The fourth-order valence-electron chi connectivity index (χ4n) is 13.3. The van der Waals surface area contributed by atoms with Gasteiger partial charge in [0.15, 0.2) is 0 Å². The molecule has 0 unspecified atom stereocenters. The standard InChI is InChI=1S/C33H30N5O6P.C19H18N5O6P.C19H17N5O3.H2/c1-37-19-29(35-36-37)28-14-12-26(18-34-28)25-13-15-30-27(16-25)17-31-32(44-33(39)38(30)31)22-43-45(40,41-20-23-8-4-2-5-9-23)42-21-24-10-6-3-7-11-24;1-23-9-15(21-22-23)14-4-2-12(8-20-14)11-3-5-16-13(6-11)7-17-18(10-29-31(26,27)28)30-19(25)24(16)17;1-23-9-15(21-22-23)14-4-2-12(8-20-14)11-3-5-16-13(6-11)7-17-18(10-25)27-19(26)24(16)17;/h2-16,18-19,31-32H,17,20-22H2,1H3;2-6,8-9,17-18H,7,10H2,1H3,(H2,26,27,28);2-6,8-9,17-18,25H,7,10H2,1H3;1H/t31-,32-;2*17-,18-;/m000./s1. The lowest BCUT2D eigenvalue weighted by molar-refractivity contribution is 0.0515. The molecule has 6 aromatic heterocycles. The second kappa shape index (κ2) is 28.4. The number of fused-ring (bicyclic) bond motifs is 9. The second-order valence-corrected chi connectivity index (χ2v) is 28.0. The zero-order valence-electron chi connectivity index (χ0n) is 55.4. The minimum atomic E-state index is -4.65. The monoisotopic (exact) mass is 1430 g/mol. The molecule has 3 saturated heterocycles. The van der Waals surface area contributed by atoms with Crippen LogP contribution in [0.3, 0.4) is 0 Å². The van der Waals surface area contributed by atoms with Gasteiger partial charge in [-0.3, -0.25) is 61.8 Å². The number of nitrogens with zero attached hydrogens (tertiary/aromatic N) is 15. The van der Waals surface area contributed by atoms with E-state index in [9.17, 15) is 28.6 Å². The SMILES string of the molecule is Cn1cc(-c2ccc(-c3ccc4c(c3)C[C@H]3[C@H](CO)OC(=O)N43)cn2)nn1.Cn1cc(-c2ccc(-c3ccc4c(c3)C[C@H]3[C@H](COP(=O)(O)O)OC(=O)N43)cn2)nn1.Cn1cc(-c2ccc(-c3ccc4c(c3)C[C@H]3[C@H](COP(=O)(OCc5ccccc5)OCc5ccccc5)OC(=O)N43)cn2)nn1.[HH]. The summed E-state index contributed by atoms with van der Waals surface area (Å²) in [5, 5.41) is 33.5. The van der Waals surface area contributed by atoms with Crippen molar-refractivity contribution in [2.75, 3.05) is 34.5 Å². The summed E-state index contributed by atoms with van der Waals surface area (Å²) in [7, 11) is -3.26. The molecule has 6 aliphatic rings. The molecule has 3 fully saturated rings. The maximum atomic E-state index is 13.8. The van der Waals surface area contributed by atoms with E-state index in [2.05, 4.69) is 62.5 Å². The van der Waals surface area contributed by atoms with Gasteiger partial charge in [0.2, 0.25) is 0 Å². The molecular weight excluding hydrogens is 1360 g/mol. The lowest BCUT2D eigenvalue weighted by Gasteiger charge is -2.21. The van der Waals surface area contributed by atoms with E-state index in [1.165, 1.54) is 4.90 Å². The number of carbonyl (C=O) groups excluding carboxylic acids is 3. The van der Waals surface area contributed by atoms with E-state index in [1.807, 2.05) is 172 Å². The van der Waals surface area contributed by atoms with Crippen LogP contribution >= 0.6 is 15.6 Å². The lowest BCUT2D eigenvalue weighted by Crippen LogP contribution is -2.35. The number of cyclic esters (lactones) is 3. The number of phosphoric acid groups is 2. The molecule has 3 N–H and O–H groups in total. The number of amides is 3. The van der Waals surface area contributed by atoms with E-state index in [0.29, 0.717) is 36.3 Å². The van der Waals surface area contributed by atoms with Crippen molar-refractivity contribution in [3.05, 3.63) is 217 Å². The third-order valence-electron chi connectivity index (χ3n) is 18.3. The number of hydrogen-bond donors (Lipinski definition) is 3. The molecule has 0 bridgehead atoms. The Morgan fingerprint density at radius 1 is 0.437 bits per heavy atom. The quantitative estimate of drug-likeness (QED) is 0.0500. The minimum Gasteiger partial charge on any atom is -0.441 e. The Morgan fingerprint density at radius 2 is 0.777 bits per heavy atom. The average molecular weight is 1430 g/mol. The molecule has 32 heteroatoms. The van der Waals surface area contributed by atoms with Crippen molar-refractivity contribution in [1.82, 2.24) is 59.9 Å². The zero-order chi connectivity index (χ0) is 71.1. The molecule has 0 aliphatic carbocycles. The average Bonchev–Trinajstić information content (AvgIpc) is 1.61. The molecule has 0 radical (unpaired) electrons. The number of phosphoric ester groups is 2. The molecule has 17 rings (SSSR count). The Kier molecular flexibility index (Phi) is 18.7. The molecule has 12 heterocycles. The lowest BCUT2D eigenvalue weighted by atomic mass is 10.0. The van der Waals surface area contributed by atoms with Crippen LogP contribution in [-0.4, -0.2) is 149 Å². The Labute approximate surface area is 589 Å². The minimum absolute atomic E-state index is 0. The van der Waals surface area contributed by atoms with Crippen LogP contribution in [0.5, 0.6) is 0 Å². The summed E-state index contributed by atoms with van der Waals surface area (Å²) in [5.74, 6) is 0. The predicted molar refractivity (Wildman–Crippen MR) is 373 cm³/mol. The Hall–Kier alpha value is -11.0. The number of carbonyl (C=O) groups is 3. The van der Waals surface area contributed by atoms with Crippen molar-refractivity contribution in [2.24, 2.45) is 21.1 Å².